The van der Waals surface area contributed by atoms with Crippen molar-refractivity contribution in [3.05, 3.63) is 23.2 Å². The standard InChI is InChI=1S/C28H39ClN4O5S/c1-5-32-10-12-33(13-11-32)21-6-7-24(23(29)17-21)39(36,37)22-15-19(25(34)31-28(18-30)8-9-28)14-20(16-22)26(35)38-27(2,3)4/h6-7,17,19-20,22H,5,8-16H2,1-4H3,(H,31,34). The number of anilines is 1. The molecule has 11 heteroatoms. The van der Waals surface area contributed by atoms with Gasteiger partial charge in [0.25, 0.3) is 0 Å². The van der Waals surface area contributed by atoms with Crippen molar-refractivity contribution in [2.24, 2.45) is 11.8 Å². The van der Waals surface area contributed by atoms with Crippen molar-refractivity contribution in [3.8, 4) is 6.07 Å². The summed E-state index contributed by atoms with van der Waals surface area (Å²) in [6.45, 7) is 11.9. The number of benzene rings is 1. The Bertz CT molecular complexity index is 1240. The lowest BCUT2D eigenvalue weighted by atomic mass is 9.80. The molecule has 1 aliphatic heterocycles. The number of sulfone groups is 1. The third-order valence-corrected chi connectivity index (χ3v) is 10.6. The fourth-order valence-electron chi connectivity index (χ4n) is 5.46. The highest BCUT2D eigenvalue weighted by molar-refractivity contribution is 7.92. The predicted octanol–water partition coefficient (Wildman–Crippen LogP) is 3.55. The lowest BCUT2D eigenvalue weighted by Gasteiger charge is -2.36. The van der Waals surface area contributed by atoms with Crippen LogP contribution in [0.25, 0.3) is 0 Å². The molecule has 3 atom stereocenters. The summed E-state index contributed by atoms with van der Waals surface area (Å²) in [6, 6.07) is 7.15. The Morgan fingerprint density at radius 2 is 1.77 bits per heavy atom. The van der Waals surface area contributed by atoms with Crippen LogP contribution in [0.5, 0.6) is 0 Å². The van der Waals surface area contributed by atoms with Crippen molar-refractivity contribution >= 4 is 39.0 Å². The van der Waals surface area contributed by atoms with Gasteiger partial charge in [0.2, 0.25) is 5.91 Å². The predicted molar refractivity (Wildman–Crippen MR) is 149 cm³/mol. The van der Waals surface area contributed by atoms with Crippen molar-refractivity contribution in [2.45, 2.75) is 81.1 Å². The maximum atomic E-state index is 13.9. The van der Waals surface area contributed by atoms with Gasteiger partial charge in [0, 0.05) is 37.8 Å². The zero-order valence-electron chi connectivity index (χ0n) is 23.2. The number of nitrogens with one attached hydrogen (secondary N) is 1. The second-order valence-corrected chi connectivity index (χ2v) is 14.6. The van der Waals surface area contributed by atoms with Gasteiger partial charge in [0.05, 0.1) is 27.2 Å². The monoisotopic (exact) mass is 578 g/mol. The van der Waals surface area contributed by atoms with Crippen LogP contribution in [-0.2, 0) is 24.2 Å². The summed E-state index contributed by atoms with van der Waals surface area (Å²) in [5, 5.41) is 11.3. The molecule has 1 amide bonds. The summed E-state index contributed by atoms with van der Waals surface area (Å²) in [4.78, 5) is 30.8. The summed E-state index contributed by atoms with van der Waals surface area (Å²) in [5.41, 5.74) is -0.763. The van der Waals surface area contributed by atoms with Crippen LogP contribution in [0, 0.1) is 23.2 Å². The molecule has 0 radical (unpaired) electrons. The van der Waals surface area contributed by atoms with Crippen LogP contribution in [0.3, 0.4) is 0 Å². The molecule has 1 heterocycles. The Labute approximate surface area is 236 Å². The van der Waals surface area contributed by atoms with Crippen LogP contribution < -0.4 is 10.2 Å². The van der Waals surface area contributed by atoms with E-state index < -0.39 is 49.9 Å². The molecule has 0 aromatic heterocycles. The van der Waals surface area contributed by atoms with Gasteiger partial charge in [-0.15, -0.1) is 0 Å². The summed E-state index contributed by atoms with van der Waals surface area (Å²) < 4.78 is 33.4. The van der Waals surface area contributed by atoms with E-state index in [2.05, 4.69) is 28.1 Å². The lowest BCUT2D eigenvalue weighted by molar-refractivity contribution is -0.161. The Morgan fingerprint density at radius 1 is 1.13 bits per heavy atom. The average Bonchev–Trinajstić information content (AvgIpc) is 3.67. The van der Waals surface area contributed by atoms with E-state index in [1.165, 1.54) is 0 Å². The Morgan fingerprint density at radius 3 is 2.31 bits per heavy atom. The van der Waals surface area contributed by atoms with Gasteiger partial charge in [-0.2, -0.15) is 5.26 Å². The summed E-state index contributed by atoms with van der Waals surface area (Å²) in [6.07, 6.45) is 1.39. The van der Waals surface area contributed by atoms with Crippen LogP contribution in [0.15, 0.2) is 23.1 Å². The number of carbonyl (C=O) groups is 2. The molecule has 3 aliphatic rings. The highest BCUT2D eigenvalue weighted by atomic mass is 35.5. The summed E-state index contributed by atoms with van der Waals surface area (Å²) >= 11 is 6.58. The van der Waals surface area contributed by atoms with E-state index in [0.29, 0.717) is 12.8 Å². The van der Waals surface area contributed by atoms with Crippen molar-refractivity contribution < 1.29 is 22.7 Å². The first-order chi connectivity index (χ1) is 18.3. The molecule has 3 fully saturated rings. The van der Waals surface area contributed by atoms with Gasteiger partial charge >= 0.3 is 5.97 Å². The number of piperazine rings is 1. The number of carbonyl (C=O) groups excluding carboxylic acids is 2. The van der Waals surface area contributed by atoms with Crippen molar-refractivity contribution in [1.29, 1.82) is 5.26 Å². The number of amides is 1. The molecular weight excluding hydrogens is 540 g/mol. The maximum Gasteiger partial charge on any atom is 0.309 e. The minimum Gasteiger partial charge on any atom is -0.460 e. The Kier molecular flexibility index (Phi) is 8.56. The molecule has 1 N–H and O–H groups in total. The molecule has 9 nitrogen and oxygen atoms in total. The molecular formula is C28H39ClN4O5S. The van der Waals surface area contributed by atoms with E-state index in [0.717, 1.165) is 38.4 Å². The zero-order valence-corrected chi connectivity index (χ0v) is 24.8. The van der Waals surface area contributed by atoms with E-state index >= 15 is 0 Å². The number of hydrogen-bond acceptors (Lipinski definition) is 8. The lowest BCUT2D eigenvalue weighted by Crippen LogP contribution is -2.46. The molecule has 0 spiro atoms. The second-order valence-electron chi connectivity index (χ2n) is 12.0. The SMILES string of the molecule is CCN1CCN(c2ccc(S(=O)(=O)C3CC(C(=O)NC4(C#N)CC4)CC(C(=O)OC(C)(C)C)C3)c(Cl)c2)CC1. The van der Waals surface area contributed by atoms with Gasteiger partial charge in [0.15, 0.2) is 9.84 Å². The molecule has 1 aromatic carbocycles. The first-order valence-corrected chi connectivity index (χ1v) is 15.7. The normalized spacial score (nSPS) is 25.4. The van der Waals surface area contributed by atoms with E-state index in [4.69, 9.17) is 16.3 Å². The third-order valence-electron chi connectivity index (χ3n) is 7.95. The number of hydrogen-bond donors (Lipinski definition) is 1. The average molecular weight is 579 g/mol. The minimum atomic E-state index is -3.97. The molecule has 1 saturated heterocycles. The number of esters is 1. The van der Waals surface area contributed by atoms with E-state index in [1.807, 2.05) is 0 Å². The van der Waals surface area contributed by atoms with Gasteiger partial charge in [-0.1, -0.05) is 18.5 Å². The van der Waals surface area contributed by atoms with Crippen molar-refractivity contribution in [1.82, 2.24) is 10.2 Å². The van der Waals surface area contributed by atoms with Crippen LogP contribution in [0.1, 0.15) is 59.8 Å². The number of nitriles is 1. The number of rotatable bonds is 7. The molecule has 4 rings (SSSR count). The topological polar surface area (TPSA) is 120 Å². The molecule has 3 unspecified atom stereocenters. The Balaban J connectivity index is 1.57. The molecule has 214 valence electrons. The van der Waals surface area contributed by atoms with E-state index in [1.54, 1.807) is 39.0 Å². The van der Waals surface area contributed by atoms with Gasteiger partial charge in [-0.05, 0) is 77.6 Å². The summed E-state index contributed by atoms with van der Waals surface area (Å²) in [7, 11) is -3.97. The Hall–Kier alpha value is -2.35. The van der Waals surface area contributed by atoms with Crippen LogP contribution >= 0.6 is 11.6 Å². The van der Waals surface area contributed by atoms with Gasteiger partial charge in [0.1, 0.15) is 11.1 Å². The molecule has 39 heavy (non-hydrogen) atoms. The second kappa shape index (κ2) is 11.3. The van der Waals surface area contributed by atoms with Crippen LogP contribution in [0.4, 0.5) is 5.69 Å². The first-order valence-electron chi connectivity index (χ1n) is 13.7. The third kappa shape index (κ3) is 6.87. The highest BCUT2D eigenvalue weighted by Gasteiger charge is 2.48. The van der Waals surface area contributed by atoms with Gasteiger partial charge < -0.3 is 19.9 Å². The quantitative estimate of drug-likeness (QED) is 0.488. The summed E-state index contributed by atoms with van der Waals surface area (Å²) in [5.74, 6) is -2.42. The number of likely N-dealkylation sites (N-methyl/N-ethyl adjacent to an activating group) is 1. The first kappa shape index (κ1) is 29.6. The molecule has 1 aromatic rings. The van der Waals surface area contributed by atoms with E-state index in [-0.39, 0.29) is 29.2 Å². The molecule has 0 bridgehead atoms. The van der Waals surface area contributed by atoms with Crippen molar-refractivity contribution in [2.75, 3.05) is 37.6 Å². The number of halogens is 1. The van der Waals surface area contributed by atoms with Crippen molar-refractivity contribution in [3.63, 3.8) is 0 Å². The molecule has 2 aliphatic carbocycles. The largest absolute Gasteiger partial charge is 0.460 e. The van der Waals surface area contributed by atoms with E-state index in [9.17, 15) is 23.3 Å². The smallest absolute Gasteiger partial charge is 0.309 e. The minimum absolute atomic E-state index is 0.00444. The zero-order chi connectivity index (χ0) is 28.6. The van der Waals surface area contributed by atoms with Crippen LogP contribution in [-0.4, -0.2) is 74.3 Å². The van der Waals surface area contributed by atoms with Crippen LogP contribution in [0.2, 0.25) is 5.02 Å². The van der Waals surface area contributed by atoms with Gasteiger partial charge in [-0.3, -0.25) is 9.59 Å². The molecule has 2 saturated carbocycles. The maximum absolute atomic E-state index is 13.9. The number of nitrogens with zero attached hydrogens (tertiary/aromatic N) is 3. The number of ether oxygens (including phenoxy) is 1. The highest BCUT2D eigenvalue weighted by Crippen LogP contribution is 2.41. The van der Waals surface area contributed by atoms with Gasteiger partial charge in [-0.25, -0.2) is 8.42 Å². The fourth-order valence-corrected chi connectivity index (χ4v) is 7.87. The fraction of sp³-hybridized carbons (Fsp3) is 0.679.